The lowest BCUT2D eigenvalue weighted by molar-refractivity contribution is -0.142. The van der Waals surface area contributed by atoms with Gasteiger partial charge in [-0.15, -0.1) is 0 Å². The van der Waals surface area contributed by atoms with E-state index < -0.39 is 5.97 Å². The molecule has 4 nitrogen and oxygen atoms in total. The van der Waals surface area contributed by atoms with Crippen molar-refractivity contribution in [3.8, 4) is 0 Å². The number of nitrogens with one attached hydrogen (secondary N) is 1. The molecule has 1 aromatic carbocycles. The summed E-state index contributed by atoms with van der Waals surface area (Å²) in [4.78, 5) is 16.9. The first-order chi connectivity index (χ1) is 9.58. The Hall–Kier alpha value is -1.81. The molecule has 2 heterocycles. The molecule has 0 aliphatic carbocycles. The molecular weight excluding hydrogens is 252 g/mol. The van der Waals surface area contributed by atoms with Gasteiger partial charge in [0.1, 0.15) is 0 Å². The third-order valence-electron chi connectivity index (χ3n) is 4.59. The summed E-state index contributed by atoms with van der Waals surface area (Å²) in [5.41, 5.74) is 3.62. The molecule has 0 bridgehead atoms. The third-order valence-corrected chi connectivity index (χ3v) is 4.59. The van der Waals surface area contributed by atoms with Gasteiger partial charge in [0.25, 0.3) is 0 Å². The minimum absolute atomic E-state index is 0.0977. The Morgan fingerprint density at radius 3 is 2.90 bits per heavy atom. The van der Waals surface area contributed by atoms with Gasteiger partial charge in [-0.25, -0.2) is 0 Å². The Balaban J connectivity index is 1.87. The highest BCUT2D eigenvalue weighted by molar-refractivity contribution is 5.84. The number of aromatic nitrogens is 1. The van der Waals surface area contributed by atoms with Crippen LogP contribution in [0, 0.1) is 12.8 Å². The Morgan fingerprint density at radius 2 is 2.20 bits per heavy atom. The molecule has 0 amide bonds. The third kappa shape index (κ3) is 2.10. The second-order valence-corrected chi connectivity index (χ2v) is 5.72. The summed E-state index contributed by atoms with van der Waals surface area (Å²) in [7, 11) is 0. The number of likely N-dealkylation sites (tertiary alicyclic amines) is 1. The zero-order valence-electron chi connectivity index (χ0n) is 11.9. The fourth-order valence-corrected chi connectivity index (χ4v) is 3.30. The van der Waals surface area contributed by atoms with E-state index in [4.69, 9.17) is 0 Å². The molecule has 4 heteroatoms. The number of rotatable bonds is 3. The van der Waals surface area contributed by atoms with E-state index in [1.807, 2.05) is 19.1 Å². The Kier molecular flexibility index (Phi) is 3.26. The van der Waals surface area contributed by atoms with Crippen LogP contribution >= 0.6 is 0 Å². The number of carboxylic acid groups (broad SMARTS) is 1. The normalized spacial score (nSPS) is 23.5. The molecule has 2 aromatic rings. The predicted octanol–water partition coefficient (Wildman–Crippen LogP) is 2.77. The van der Waals surface area contributed by atoms with Crippen molar-refractivity contribution in [2.45, 2.75) is 32.9 Å². The fourth-order valence-electron chi connectivity index (χ4n) is 3.30. The number of H-pyrrole nitrogens is 1. The summed E-state index contributed by atoms with van der Waals surface area (Å²) in [5, 5.41) is 10.5. The molecule has 2 atom stereocenters. The largest absolute Gasteiger partial charge is 0.481 e. The van der Waals surface area contributed by atoms with Crippen molar-refractivity contribution in [2.24, 2.45) is 5.92 Å². The summed E-state index contributed by atoms with van der Waals surface area (Å²) in [6.07, 6.45) is 0.748. The van der Waals surface area contributed by atoms with Crippen LogP contribution in [0.4, 0.5) is 0 Å². The Bertz CT molecular complexity index is 647. The maximum atomic E-state index is 11.2. The van der Waals surface area contributed by atoms with Crippen LogP contribution in [0.2, 0.25) is 0 Å². The first kappa shape index (κ1) is 13.2. The van der Waals surface area contributed by atoms with E-state index in [2.05, 4.69) is 28.9 Å². The average Bonchev–Trinajstić information content (AvgIpc) is 2.92. The maximum Gasteiger partial charge on any atom is 0.308 e. The van der Waals surface area contributed by atoms with E-state index in [1.165, 1.54) is 16.6 Å². The molecule has 1 aliphatic heterocycles. The van der Waals surface area contributed by atoms with Gasteiger partial charge in [0.2, 0.25) is 0 Å². The van der Waals surface area contributed by atoms with Crippen molar-refractivity contribution in [1.82, 2.24) is 9.88 Å². The summed E-state index contributed by atoms with van der Waals surface area (Å²) in [6.45, 7) is 5.79. The smallest absolute Gasteiger partial charge is 0.308 e. The molecule has 106 valence electrons. The average molecular weight is 272 g/mol. The number of para-hydroxylation sites is 1. The lowest BCUT2D eigenvalue weighted by Gasteiger charge is -2.23. The highest BCUT2D eigenvalue weighted by Gasteiger charge is 2.35. The van der Waals surface area contributed by atoms with Gasteiger partial charge in [0.05, 0.1) is 5.92 Å². The number of hydrogen-bond acceptors (Lipinski definition) is 2. The number of aliphatic carboxylic acids is 1. The highest BCUT2D eigenvalue weighted by atomic mass is 16.4. The molecule has 1 aliphatic rings. The molecule has 0 saturated carbocycles. The van der Waals surface area contributed by atoms with E-state index in [9.17, 15) is 9.90 Å². The molecule has 2 N–H and O–H groups in total. The zero-order valence-corrected chi connectivity index (χ0v) is 11.9. The number of benzene rings is 1. The molecular formula is C16H20N2O2. The van der Waals surface area contributed by atoms with Gasteiger partial charge in [0, 0.05) is 29.2 Å². The monoisotopic (exact) mass is 272 g/mol. The van der Waals surface area contributed by atoms with Gasteiger partial charge in [-0.1, -0.05) is 18.2 Å². The SMILES string of the molecule is Cc1[nH]c2ccccc2c1CN1CCC(C(=O)O)C1C. The number of fused-ring (bicyclic) bond motifs is 1. The van der Waals surface area contributed by atoms with E-state index in [-0.39, 0.29) is 12.0 Å². The molecule has 0 radical (unpaired) electrons. The predicted molar refractivity (Wildman–Crippen MR) is 78.7 cm³/mol. The van der Waals surface area contributed by atoms with Crippen LogP contribution in [-0.2, 0) is 11.3 Å². The molecule has 1 fully saturated rings. The van der Waals surface area contributed by atoms with Gasteiger partial charge >= 0.3 is 5.97 Å². The van der Waals surface area contributed by atoms with Crippen LogP contribution < -0.4 is 0 Å². The maximum absolute atomic E-state index is 11.2. The van der Waals surface area contributed by atoms with Crippen molar-refractivity contribution >= 4 is 16.9 Å². The molecule has 1 saturated heterocycles. The summed E-state index contributed by atoms with van der Waals surface area (Å²) >= 11 is 0. The van der Waals surface area contributed by atoms with E-state index in [0.29, 0.717) is 0 Å². The van der Waals surface area contributed by atoms with Crippen LogP contribution in [0.1, 0.15) is 24.6 Å². The van der Waals surface area contributed by atoms with Gasteiger partial charge in [-0.05, 0) is 38.4 Å². The molecule has 20 heavy (non-hydrogen) atoms. The summed E-state index contributed by atoms with van der Waals surface area (Å²) in [5.74, 6) is -0.906. The highest BCUT2D eigenvalue weighted by Crippen LogP contribution is 2.29. The van der Waals surface area contributed by atoms with Crippen molar-refractivity contribution in [3.63, 3.8) is 0 Å². The van der Waals surface area contributed by atoms with Crippen molar-refractivity contribution < 1.29 is 9.90 Å². The quantitative estimate of drug-likeness (QED) is 0.903. The van der Waals surface area contributed by atoms with Gasteiger partial charge in [-0.2, -0.15) is 0 Å². The second-order valence-electron chi connectivity index (χ2n) is 5.72. The van der Waals surface area contributed by atoms with Crippen LogP contribution in [0.5, 0.6) is 0 Å². The number of aromatic amines is 1. The van der Waals surface area contributed by atoms with Crippen LogP contribution in [0.25, 0.3) is 10.9 Å². The number of carboxylic acids is 1. The van der Waals surface area contributed by atoms with E-state index >= 15 is 0 Å². The number of nitrogens with zero attached hydrogens (tertiary/aromatic N) is 1. The Morgan fingerprint density at radius 1 is 1.45 bits per heavy atom. The van der Waals surface area contributed by atoms with Crippen molar-refractivity contribution in [2.75, 3.05) is 6.54 Å². The zero-order chi connectivity index (χ0) is 14.3. The Labute approximate surface area is 118 Å². The second kappa shape index (κ2) is 4.94. The summed E-state index contributed by atoms with van der Waals surface area (Å²) < 4.78 is 0. The van der Waals surface area contributed by atoms with Crippen LogP contribution in [0.15, 0.2) is 24.3 Å². The molecule has 0 spiro atoms. The lowest BCUT2D eigenvalue weighted by atomic mass is 10.0. The fraction of sp³-hybridized carbons (Fsp3) is 0.438. The standard InChI is InChI=1S/C16H20N2O2/c1-10-14(13-5-3-4-6-15(13)17-10)9-18-8-7-12(11(18)2)16(19)20/h3-6,11-12,17H,7-9H2,1-2H3,(H,19,20). The molecule has 1 aromatic heterocycles. The van der Waals surface area contributed by atoms with Crippen LogP contribution in [-0.4, -0.2) is 33.5 Å². The van der Waals surface area contributed by atoms with E-state index in [0.717, 1.165) is 25.0 Å². The molecule has 2 unspecified atom stereocenters. The van der Waals surface area contributed by atoms with Crippen LogP contribution in [0.3, 0.4) is 0 Å². The number of aryl methyl sites for hydroxylation is 1. The first-order valence-corrected chi connectivity index (χ1v) is 7.11. The van der Waals surface area contributed by atoms with Crippen molar-refractivity contribution in [3.05, 3.63) is 35.5 Å². The summed E-state index contributed by atoms with van der Waals surface area (Å²) in [6, 6.07) is 8.39. The first-order valence-electron chi connectivity index (χ1n) is 7.11. The minimum atomic E-state index is -0.671. The lowest BCUT2D eigenvalue weighted by Crippen LogP contribution is -2.32. The topological polar surface area (TPSA) is 56.3 Å². The van der Waals surface area contributed by atoms with Gasteiger partial charge in [-0.3, -0.25) is 9.69 Å². The minimum Gasteiger partial charge on any atom is -0.481 e. The number of carbonyl (C=O) groups is 1. The molecule has 3 rings (SSSR count). The van der Waals surface area contributed by atoms with Gasteiger partial charge in [0.15, 0.2) is 0 Å². The number of hydrogen-bond donors (Lipinski definition) is 2. The van der Waals surface area contributed by atoms with Gasteiger partial charge < -0.3 is 10.1 Å². The van der Waals surface area contributed by atoms with E-state index in [1.54, 1.807) is 0 Å². The van der Waals surface area contributed by atoms with Crippen molar-refractivity contribution in [1.29, 1.82) is 0 Å².